The molecule has 1 fully saturated rings. The van der Waals surface area contributed by atoms with Gasteiger partial charge in [0.1, 0.15) is 5.82 Å². The average Bonchev–Trinajstić information content (AvgIpc) is 2.71. The molecule has 0 spiro atoms. The number of hydrogen-bond acceptors (Lipinski definition) is 3. The summed E-state index contributed by atoms with van der Waals surface area (Å²) in [6.07, 6.45) is 4.78. The van der Waals surface area contributed by atoms with Gasteiger partial charge in [-0.15, -0.1) is 0 Å². The second-order valence-electron chi connectivity index (χ2n) is 6.16. The Balaban J connectivity index is 2.01. The number of amides is 1. The van der Waals surface area contributed by atoms with Crippen molar-refractivity contribution in [1.29, 1.82) is 0 Å². The molecule has 1 atom stereocenters. The van der Waals surface area contributed by atoms with Crippen LogP contribution in [0, 0.1) is 5.41 Å². The summed E-state index contributed by atoms with van der Waals surface area (Å²) >= 11 is 6.11. The lowest BCUT2D eigenvalue weighted by molar-refractivity contribution is 0.0935. The molecule has 1 aromatic rings. The maximum absolute atomic E-state index is 12.2. The molecule has 1 aliphatic rings. The fourth-order valence-corrected chi connectivity index (χ4v) is 2.92. The number of hydrogen-bond donors (Lipinski definition) is 2. The van der Waals surface area contributed by atoms with Crippen LogP contribution in [-0.4, -0.2) is 23.5 Å². The molecule has 1 aliphatic carbocycles. The van der Waals surface area contributed by atoms with Gasteiger partial charge in [-0.1, -0.05) is 25.4 Å². The zero-order valence-electron chi connectivity index (χ0n) is 12.3. The van der Waals surface area contributed by atoms with Crippen molar-refractivity contribution >= 4 is 23.3 Å². The summed E-state index contributed by atoms with van der Waals surface area (Å²) < 4.78 is 0. The second-order valence-corrected chi connectivity index (χ2v) is 6.57. The molecule has 0 aliphatic heterocycles. The third-order valence-electron chi connectivity index (χ3n) is 3.75. The summed E-state index contributed by atoms with van der Waals surface area (Å²) in [6.45, 7) is 7.20. The van der Waals surface area contributed by atoms with Crippen molar-refractivity contribution in [2.75, 3.05) is 11.9 Å². The Morgan fingerprint density at radius 1 is 1.55 bits per heavy atom. The first-order valence-electron chi connectivity index (χ1n) is 7.11. The molecule has 20 heavy (non-hydrogen) atoms. The van der Waals surface area contributed by atoms with Gasteiger partial charge < -0.3 is 10.6 Å². The van der Waals surface area contributed by atoms with Gasteiger partial charge in [0.2, 0.25) is 0 Å². The molecule has 1 saturated carbocycles. The number of carbonyl (C=O) groups excluding carboxylic acids is 1. The summed E-state index contributed by atoms with van der Waals surface area (Å²) in [5.41, 5.74) is 0.837. The van der Waals surface area contributed by atoms with Crippen molar-refractivity contribution in [2.24, 2.45) is 5.41 Å². The van der Waals surface area contributed by atoms with Gasteiger partial charge in [0.15, 0.2) is 0 Å². The lowest BCUT2D eigenvalue weighted by atomic mass is 9.92. The summed E-state index contributed by atoms with van der Waals surface area (Å²) in [4.78, 5) is 16.4. The van der Waals surface area contributed by atoms with Crippen LogP contribution >= 0.6 is 11.6 Å². The van der Waals surface area contributed by atoms with E-state index < -0.39 is 0 Å². The van der Waals surface area contributed by atoms with E-state index in [1.54, 1.807) is 12.3 Å². The van der Waals surface area contributed by atoms with Gasteiger partial charge in [-0.05, 0) is 37.7 Å². The molecule has 0 bridgehead atoms. The molecule has 1 unspecified atom stereocenters. The molecule has 1 heterocycles. The van der Waals surface area contributed by atoms with Crippen molar-refractivity contribution in [1.82, 2.24) is 10.3 Å². The highest BCUT2D eigenvalue weighted by Crippen LogP contribution is 2.37. The number of anilines is 1. The highest BCUT2D eigenvalue weighted by atomic mass is 35.5. The van der Waals surface area contributed by atoms with Crippen molar-refractivity contribution < 1.29 is 4.79 Å². The third-order valence-corrected chi connectivity index (χ3v) is 4.04. The molecule has 4 nitrogen and oxygen atoms in total. The molecular weight excluding hydrogens is 274 g/mol. The first kappa shape index (κ1) is 15.1. The fourth-order valence-electron chi connectivity index (χ4n) is 2.69. The number of rotatable bonds is 4. The summed E-state index contributed by atoms with van der Waals surface area (Å²) in [5, 5.41) is 6.60. The Morgan fingerprint density at radius 3 is 2.85 bits per heavy atom. The van der Waals surface area contributed by atoms with Crippen LogP contribution in [0.15, 0.2) is 12.3 Å². The fraction of sp³-hybridized carbons (Fsp3) is 0.600. The molecule has 2 rings (SSSR count). The molecule has 0 saturated heterocycles. The number of halogens is 1. The molecule has 2 N–H and O–H groups in total. The van der Waals surface area contributed by atoms with Crippen LogP contribution in [0.25, 0.3) is 0 Å². The Bertz CT molecular complexity index is 502. The smallest absolute Gasteiger partial charge is 0.253 e. The number of nitrogens with one attached hydrogen (secondary N) is 2. The van der Waals surface area contributed by atoms with E-state index in [4.69, 9.17) is 11.6 Å². The average molecular weight is 296 g/mol. The maximum atomic E-state index is 12.2. The van der Waals surface area contributed by atoms with Gasteiger partial charge in [-0.2, -0.15) is 0 Å². The lowest BCUT2D eigenvalue weighted by Crippen LogP contribution is -2.33. The zero-order valence-corrected chi connectivity index (χ0v) is 13.0. The van der Waals surface area contributed by atoms with Gasteiger partial charge in [-0.3, -0.25) is 4.79 Å². The highest BCUT2D eigenvalue weighted by molar-refractivity contribution is 6.33. The predicted octanol–water partition coefficient (Wildman–Crippen LogP) is 3.48. The molecule has 110 valence electrons. The largest absolute Gasteiger partial charge is 0.369 e. The van der Waals surface area contributed by atoms with Crippen LogP contribution in [0.4, 0.5) is 5.82 Å². The van der Waals surface area contributed by atoms with Gasteiger partial charge in [0.25, 0.3) is 5.91 Å². The lowest BCUT2D eigenvalue weighted by Gasteiger charge is -2.18. The normalized spacial score (nSPS) is 20.7. The van der Waals surface area contributed by atoms with Crippen LogP contribution in [0.1, 0.15) is 50.4 Å². The minimum atomic E-state index is -0.0925. The predicted molar refractivity (Wildman–Crippen MR) is 82.3 cm³/mol. The summed E-state index contributed by atoms with van der Waals surface area (Å²) in [6, 6.07) is 1.92. The minimum Gasteiger partial charge on any atom is -0.369 e. The zero-order chi connectivity index (χ0) is 14.8. The van der Waals surface area contributed by atoms with Crippen molar-refractivity contribution in [3.63, 3.8) is 0 Å². The Kier molecular flexibility index (Phi) is 4.53. The molecule has 1 amide bonds. The molecule has 1 aromatic heterocycles. The van der Waals surface area contributed by atoms with E-state index in [-0.39, 0.29) is 11.9 Å². The third kappa shape index (κ3) is 3.63. The van der Waals surface area contributed by atoms with Crippen molar-refractivity contribution in [2.45, 2.75) is 46.1 Å². The Labute approximate surface area is 125 Å². The quantitative estimate of drug-likeness (QED) is 0.894. The van der Waals surface area contributed by atoms with Gasteiger partial charge in [-0.25, -0.2) is 4.98 Å². The van der Waals surface area contributed by atoms with Crippen LogP contribution in [0.5, 0.6) is 0 Å². The van der Waals surface area contributed by atoms with Crippen molar-refractivity contribution in [3.8, 4) is 0 Å². The first-order chi connectivity index (χ1) is 9.41. The first-order valence-corrected chi connectivity index (χ1v) is 7.49. The van der Waals surface area contributed by atoms with E-state index >= 15 is 0 Å². The number of nitrogens with zero attached hydrogens (tertiary/aromatic N) is 1. The van der Waals surface area contributed by atoms with E-state index in [0.717, 1.165) is 25.8 Å². The highest BCUT2D eigenvalue weighted by Gasteiger charge is 2.31. The second kappa shape index (κ2) is 6.00. The van der Waals surface area contributed by atoms with E-state index in [0.29, 0.717) is 21.8 Å². The van der Waals surface area contributed by atoms with E-state index in [1.807, 2.05) is 6.92 Å². The summed E-state index contributed by atoms with van der Waals surface area (Å²) in [7, 11) is 0. The summed E-state index contributed by atoms with van der Waals surface area (Å²) in [5.74, 6) is 0.526. The number of carbonyl (C=O) groups is 1. The Hall–Kier alpha value is -1.29. The standard InChI is InChI=1S/C15H22ClN3O/c1-4-17-13-12(16)7-10(9-18-13)14(20)19-11-5-6-15(2,3)8-11/h7,9,11H,4-6,8H2,1-3H3,(H,17,18)(H,19,20). The van der Waals surface area contributed by atoms with Crippen LogP contribution in [0.3, 0.4) is 0 Å². The van der Waals surface area contributed by atoms with Crippen molar-refractivity contribution in [3.05, 3.63) is 22.8 Å². The monoisotopic (exact) mass is 295 g/mol. The Morgan fingerprint density at radius 2 is 2.30 bits per heavy atom. The van der Waals surface area contributed by atoms with Gasteiger partial charge in [0, 0.05) is 18.8 Å². The maximum Gasteiger partial charge on any atom is 0.253 e. The van der Waals surface area contributed by atoms with Gasteiger partial charge >= 0.3 is 0 Å². The van der Waals surface area contributed by atoms with Crippen LogP contribution < -0.4 is 10.6 Å². The molecular formula is C15H22ClN3O. The van der Waals surface area contributed by atoms with Crippen LogP contribution in [0.2, 0.25) is 5.02 Å². The minimum absolute atomic E-state index is 0.0925. The molecule has 0 radical (unpaired) electrons. The SMILES string of the molecule is CCNc1ncc(C(=O)NC2CCC(C)(C)C2)cc1Cl. The number of pyridine rings is 1. The van der Waals surface area contributed by atoms with Gasteiger partial charge in [0.05, 0.1) is 10.6 Å². The van der Waals surface area contributed by atoms with E-state index in [1.165, 1.54) is 0 Å². The molecule has 0 aromatic carbocycles. The molecule has 5 heteroatoms. The number of aromatic nitrogens is 1. The van der Waals surface area contributed by atoms with E-state index in [2.05, 4.69) is 29.5 Å². The van der Waals surface area contributed by atoms with E-state index in [9.17, 15) is 4.79 Å². The topological polar surface area (TPSA) is 54.0 Å². The van der Waals surface area contributed by atoms with Crippen LogP contribution in [-0.2, 0) is 0 Å².